The molecule has 1 aliphatic rings. The van der Waals surface area contributed by atoms with Gasteiger partial charge in [-0.05, 0) is 42.7 Å². The number of ketones is 1. The summed E-state index contributed by atoms with van der Waals surface area (Å²) < 4.78 is 0. The number of benzene rings is 1. The van der Waals surface area contributed by atoms with Crippen LogP contribution in [-0.2, 0) is 0 Å². The van der Waals surface area contributed by atoms with E-state index in [1.54, 1.807) is 0 Å². The molecule has 0 radical (unpaired) electrons. The van der Waals surface area contributed by atoms with Crippen molar-refractivity contribution in [3.05, 3.63) is 34.3 Å². The number of carbonyl (C=O) groups excluding carboxylic acids is 1. The summed E-state index contributed by atoms with van der Waals surface area (Å²) in [4.78, 5) is 12.8. The minimum atomic E-state index is 0.0894. The molecule has 0 amide bonds. The zero-order chi connectivity index (χ0) is 14.2. The Morgan fingerprint density at radius 2 is 2.05 bits per heavy atom. The van der Waals surface area contributed by atoms with Crippen molar-refractivity contribution in [3.63, 3.8) is 0 Å². The molecule has 0 aliphatic heterocycles. The van der Waals surface area contributed by atoms with Crippen molar-refractivity contribution in [2.24, 2.45) is 17.3 Å². The minimum Gasteiger partial charge on any atom is -0.294 e. The zero-order valence-electron chi connectivity index (χ0n) is 12.3. The highest BCUT2D eigenvalue weighted by atomic mass is 35.5. The van der Waals surface area contributed by atoms with Crippen molar-refractivity contribution in [3.8, 4) is 0 Å². The number of hydrogen-bond donors (Lipinski definition) is 0. The predicted octanol–water partition coefficient (Wildman–Crippen LogP) is 5.29. The van der Waals surface area contributed by atoms with Crippen LogP contribution in [0, 0.1) is 24.2 Å². The summed E-state index contributed by atoms with van der Waals surface area (Å²) in [7, 11) is 0. The Kier molecular flexibility index (Phi) is 4.06. The Bertz CT molecular complexity index is 490. The SMILES string of the molecule is Cc1ccc(C(=O)[C@@H]2[C@@H](C)CCCC2(C)C)cc1Cl. The number of rotatable bonds is 2. The summed E-state index contributed by atoms with van der Waals surface area (Å²) in [5.41, 5.74) is 1.88. The van der Waals surface area contributed by atoms with Crippen molar-refractivity contribution in [1.82, 2.24) is 0 Å². The van der Waals surface area contributed by atoms with Gasteiger partial charge < -0.3 is 0 Å². The van der Waals surface area contributed by atoms with Crippen LogP contribution in [0.5, 0.6) is 0 Å². The van der Waals surface area contributed by atoms with Gasteiger partial charge in [-0.3, -0.25) is 4.79 Å². The van der Waals surface area contributed by atoms with Crippen LogP contribution in [0.2, 0.25) is 5.02 Å². The van der Waals surface area contributed by atoms with Crippen molar-refractivity contribution < 1.29 is 4.79 Å². The van der Waals surface area contributed by atoms with E-state index in [2.05, 4.69) is 20.8 Å². The lowest BCUT2D eigenvalue weighted by atomic mass is 9.62. The molecule has 1 aromatic carbocycles. The first-order valence-electron chi connectivity index (χ1n) is 7.13. The van der Waals surface area contributed by atoms with Crippen LogP contribution in [0.3, 0.4) is 0 Å². The summed E-state index contributed by atoms with van der Waals surface area (Å²) in [6, 6.07) is 5.69. The van der Waals surface area contributed by atoms with E-state index < -0.39 is 0 Å². The Morgan fingerprint density at radius 1 is 1.37 bits per heavy atom. The number of aryl methyl sites for hydroxylation is 1. The van der Waals surface area contributed by atoms with Gasteiger partial charge in [-0.25, -0.2) is 0 Å². The molecule has 1 aromatic rings. The highest BCUT2D eigenvalue weighted by molar-refractivity contribution is 6.31. The van der Waals surface area contributed by atoms with Gasteiger partial charge in [-0.2, -0.15) is 0 Å². The molecule has 0 heterocycles. The standard InChI is InChI=1S/C17H23ClO/c1-11-7-8-13(10-14(11)18)16(19)15-12(2)6-5-9-17(15,3)4/h7-8,10,12,15H,5-6,9H2,1-4H3/t12-,15-/m0/s1. The summed E-state index contributed by atoms with van der Waals surface area (Å²) >= 11 is 6.15. The maximum atomic E-state index is 12.8. The van der Waals surface area contributed by atoms with Crippen LogP contribution < -0.4 is 0 Å². The van der Waals surface area contributed by atoms with Gasteiger partial charge in [0.05, 0.1) is 0 Å². The first-order valence-corrected chi connectivity index (χ1v) is 7.51. The molecule has 0 unspecified atom stereocenters. The number of carbonyl (C=O) groups is 1. The second-order valence-electron chi connectivity index (χ2n) is 6.66. The highest BCUT2D eigenvalue weighted by Crippen LogP contribution is 2.45. The van der Waals surface area contributed by atoms with Gasteiger partial charge in [0.25, 0.3) is 0 Å². The quantitative estimate of drug-likeness (QED) is 0.672. The van der Waals surface area contributed by atoms with E-state index in [-0.39, 0.29) is 17.1 Å². The molecule has 1 nitrogen and oxygen atoms in total. The summed E-state index contributed by atoms with van der Waals surface area (Å²) in [5, 5.41) is 0.687. The summed E-state index contributed by atoms with van der Waals surface area (Å²) in [6.07, 6.45) is 3.51. The maximum absolute atomic E-state index is 12.8. The average molecular weight is 279 g/mol. The first kappa shape index (κ1) is 14.6. The maximum Gasteiger partial charge on any atom is 0.166 e. The number of hydrogen-bond acceptors (Lipinski definition) is 1. The number of halogens is 1. The molecule has 1 saturated carbocycles. The van der Waals surface area contributed by atoms with Crippen molar-refractivity contribution >= 4 is 17.4 Å². The van der Waals surface area contributed by atoms with Gasteiger partial charge in [0.1, 0.15) is 0 Å². The lowest BCUT2D eigenvalue weighted by molar-refractivity contribution is 0.0539. The molecule has 2 atom stereocenters. The Balaban J connectivity index is 2.33. The monoisotopic (exact) mass is 278 g/mol. The zero-order valence-corrected chi connectivity index (χ0v) is 13.1. The van der Waals surface area contributed by atoms with Gasteiger partial charge in [-0.1, -0.05) is 50.9 Å². The Labute approximate surface area is 121 Å². The van der Waals surface area contributed by atoms with E-state index in [1.807, 2.05) is 25.1 Å². The van der Waals surface area contributed by atoms with E-state index in [0.29, 0.717) is 10.9 Å². The fraction of sp³-hybridized carbons (Fsp3) is 0.588. The predicted molar refractivity (Wildman–Crippen MR) is 80.8 cm³/mol. The third kappa shape index (κ3) is 2.86. The molecule has 1 aliphatic carbocycles. The molecule has 2 rings (SSSR count). The van der Waals surface area contributed by atoms with Gasteiger partial charge in [-0.15, -0.1) is 0 Å². The smallest absolute Gasteiger partial charge is 0.166 e. The average Bonchev–Trinajstić information content (AvgIpc) is 2.31. The van der Waals surface area contributed by atoms with Gasteiger partial charge in [0.2, 0.25) is 0 Å². The second kappa shape index (κ2) is 5.28. The van der Waals surface area contributed by atoms with Crippen LogP contribution in [0.25, 0.3) is 0 Å². The van der Waals surface area contributed by atoms with Crippen molar-refractivity contribution in [1.29, 1.82) is 0 Å². The third-order valence-electron chi connectivity index (χ3n) is 4.63. The topological polar surface area (TPSA) is 17.1 Å². The van der Waals surface area contributed by atoms with E-state index in [4.69, 9.17) is 11.6 Å². The van der Waals surface area contributed by atoms with Crippen LogP contribution in [0.4, 0.5) is 0 Å². The molecular formula is C17H23ClO. The molecule has 0 saturated heterocycles. The molecule has 104 valence electrons. The fourth-order valence-corrected chi connectivity index (χ4v) is 3.69. The lowest BCUT2D eigenvalue weighted by Gasteiger charge is -2.42. The summed E-state index contributed by atoms with van der Waals surface area (Å²) in [5.74, 6) is 0.829. The van der Waals surface area contributed by atoms with E-state index in [9.17, 15) is 4.79 Å². The Morgan fingerprint density at radius 3 is 2.63 bits per heavy atom. The molecule has 0 bridgehead atoms. The minimum absolute atomic E-state index is 0.0894. The largest absolute Gasteiger partial charge is 0.294 e. The van der Waals surface area contributed by atoms with Crippen LogP contribution in [-0.4, -0.2) is 5.78 Å². The van der Waals surface area contributed by atoms with E-state index in [0.717, 1.165) is 24.0 Å². The van der Waals surface area contributed by atoms with Gasteiger partial charge in [0.15, 0.2) is 5.78 Å². The van der Waals surface area contributed by atoms with E-state index >= 15 is 0 Å². The Hall–Kier alpha value is -0.820. The molecule has 0 N–H and O–H groups in total. The highest BCUT2D eigenvalue weighted by Gasteiger charge is 2.41. The van der Waals surface area contributed by atoms with Crippen LogP contribution in [0.15, 0.2) is 18.2 Å². The fourth-order valence-electron chi connectivity index (χ4n) is 3.51. The van der Waals surface area contributed by atoms with Crippen molar-refractivity contribution in [2.45, 2.75) is 47.0 Å². The molecule has 2 heteroatoms. The van der Waals surface area contributed by atoms with Crippen LogP contribution in [0.1, 0.15) is 56.0 Å². The number of Topliss-reactive ketones (excluding diaryl/α,β-unsaturated/α-hetero) is 1. The molecule has 19 heavy (non-hydrogen) atoms. The third-order valence-corrected chi connectivity index (χ3v) is 5.04. The van der Waals surface area contributed by atoms with Crippen molar-refractivity contribution in [2.75, 3.05) is 0 Å². The molecular weight excluding hydrogens is 256 g/mol. The molecule has 0 aromatic heterocycles. The normalized spacial score (nSPS) is 26.2. The summed E-state index contributed by atoms with van der Waals surface area (Å²) in [6.45, 7) is 8.62. The molecule has 0 spiro atoms. The van der Waals surface area contributed by atoms with Crippen LogP contribution >= 0.6 is 11.6 Å². The van der Waals surface area contributed by atoms with Gasteiger partial charge in [0, 0.05) is 16.5 Å². The first-order chi connectivity index (χ1) is 8.83. The van der Waals surface area contributed by atoms with E-state index in [1.165, 1.54) is 6.42 Å². The second-order valence-corrected chi connectivity index (χ2v) is 7.07. The van der Waals surface area contributed by atoms with Gasteiger partial charge >= 0.3 is 0 Å². The lowest BCUT2D eigenvalue weighted by Crippen LogP contribution is -2.39. The molecule has 1 fully saturated rings.